The van der Waals surface area contributed by atoms with Crippen molar-refractivity contribution in [1.82, 2.24) is 0 Å². The molecule has 0 spiro atoms. The second kappa shape index (κ2) is 10.1. The van der Waals surface area contributed by atoms with E-state index in [2.05, 4.69) is 10.6 Å². The van der Waals surface area contributed by atoms with E-state index in [1.165, 1.54) is 12.1 Å². The number of amides is 2. The largest absolute Gasteiger partial charge is 0.497 e. The van der Waals surface area contributed by atoms with Gasteiger partial charge in [0, 0.05) is 16.9 Å². The molecule has 3 aromatic rings. The van der Waals surface area contributed by atoms with Crippen LogP contribution in [0.5, 0.6) is 11.5 Å². The molecule has 0 saturated heterocycles. The lowest BCUT2D eigenvalue weighted by atomic mass is 10.2. The highest BCUT2D eigenvalue weighted by atomic mass is 19.1. The Balaban J connectivity index is 1.47. The fourth-order valence-electron chi connectivity index (χ4n) is 2.62. The Hall–Kier alpha value is -3.87. The van der Waals surface area contributed by atoms with Crippen LogP contribution in [0.3, 0.4) is 0 Å². The molecule has 0 aliphatic carbocycles. The summed E-state index contributed by atoms with van der Waals surface area (Å²) < 4.78 is 23.8. The van der Waals surface area contributed by atoms with E-state index in [4.69, 9.17) is 9.47 Å². The molecule has 2 amide bonds. The quantitative estimate of drug-likeness (QED) is 0.576. The lowest BCUT2D eigenvalue weighted by Crippen LogP contribution is -2.16. The maximum atomic E-state index is 13.5. The van der Waals surface area contributed by atoms with Gasteiger partial charge >= 0.3 is 0 Å². The van der Waals surface area contributed by atoms with Gasteiger partial charge in [0.25, 0.3) is 5.91 Å². The van der Waals surface area contributed by atoms with Gasteiger partial charge in [0.15, 0.2) is 11.6 Å². The molecule has 0 aromatic heterocycles. The van der Waals surface area contributed by atoms with Crippen LogP contribution in [-0.4, -0.2) is 25.5 Å². The second-order valence-electron chi connectivity index (χ2n) is 6.34. The number of benzene rings is 3. The van der Waals surface area contributed by atoms with Crippen molar-refractivity contribution < 1.29 is 23.5 Å². The van der Waals surface area contributed by atoms with Crippen LogP contribution in [0.25, 0.3) is 0 Å². The lowest BCUT2D eigenvalue weighted by Gasteiger charge is -2.09. The molecular formula is C23H21FN2O4. The first-order valence-corrected chi connectivity index (χ1v) is 9.28. The minimum Gasteiger partial charge on any atom is -0.497 e. The first kappa shape index (κ1) is 20.9. The van der Waals surface area contributed by atoms with Crippen molar-refractivity contribution in [3.05, 3.63) is 84.2 Å². The van der Waals surface area contributed by atoms with E-state index in [-0.39, 0.29) is 30.6 Å². The summed E-state index contributed by atoms with van der Waals surface area (Å²) in [7, 11) is 1.57. The van der Waals surface area contributed by atoms with Gasteiger partial charge in [-0.3, -0.25) is 9.59 Å². The predicted molar refractivity (Wildman–Crippen MR) is 113 cm³/mol. The zero-order valence-corrected chi connectivity index (χ0v) is 16.4. The van der Waals surface area contributed by atoms with Crippen molar-refractivity contribution in [3.63, 3.8) is 0 Å². The van der Waals surface area contributed by atoms with Crippen molar-refractivity contribution in [1.29, 1.82) is 0 Å². The summed E-state index contributed by atoms with van der Waals surface area (Å²) in [6.45, 7) is 0.0507. The fourth-order valence-corrected chi connectivity index (χ4v) is 2.62. The van der Waals surface area contributed by atoms with Crippen molar-refractivity contribution in [2.24, 2.45) is 0 Å². The minimum absolute atomic E-state index is 0.0507. The highest BCUT2D eigenvalue weighted by Crippen LogP contribution is 2.17. The number of nitrogens with one attached hydrogen (secondary N) is 2. The summed E-state index contributed by atoms with van der Waals surface area (Å²) in [6, 6.07) is 19.5. The lowest BCUT2D eigenvalue weighted by molar-refractivity contribution is -0.116. The smallest absolute Gasteiger partial charge is 0.255 e. The second-order valence-corrected chi connectivity index (χ2v) is 6.34. The van der Waals surface area contributed by atoms with Crippen molar-refractivity contribution >= 4 is 23.2 Å². The molecule has 0 bridgehead atoms. The molecular weight excluding hydrogens is 387 g/mol. The van der Waals surface area contributed by atoms with Crippen LogP contribution < -0.4 is 20.1 Å². The maximum absolute atomic E-state index is 13.5. The Kier molecular flexibility index (Phi) is 7.00. The summed E-state index contributed by atoms with van der Waals surface area (Å²) in [4.78, 5) is 24.4. The fraction of sp³-hybridized carbons (Fsp3) is 0.130. The molecule has 0 aliphatic heterocycles. The Morgan fingerprint density at radius 2 is 1.50 bits per heavy atom. The molecule has 3 aromatic carbocycles. The Morgan fingerprint density at radius 1 is 0.867 bits per heavy atom. The SMILES string of the molecule is COc1ccc(NC(=O)c2ccc(NC(=O)CCOc3ccccc3F)cc2)cc1. The molecule has 6 nitrogen and oxygen atoms in total. The van der Waals surface area contributed by atoms with E-state index in [1.54, 1.807) is 67.8 Å². The highest BCUT2D eigenvalue weighted by molar-refractivity contribution is 6.04. The Morgan fingerprint density at radius 3 is 2.17 bits per heavy atom. The third-order valence-electron chi connectivity index (χ3n) is 4.20. The van der Waals surface area contributed by atoms with Gasteiger partial charge in [0.2, 0.25) is 5.91 Å². The highest BCUT2D eigenvalue weighted by Gasteiger charge is 2.08. The topological polar surface area (TPSA) is 76.7 Å². The van der Waals surface area contributed by atoms with Crippen LogP contribution in [0.4, 0.5) is 15.8 Å². The van der Waals surface area contributed by atoms with E-state index in [1.807, 2.05) is 0 Å². The molecule has 0 unspecified atom stereocenters. The Labute approximate surface area is 173 Å². The number of carbonyl (C=O) groups is 2. The molecule has 0 atom stereocenters. The number of ether oxygens (including phenoxy) is 2. The molecule has 0 aliphatic rings. The van der Waals surface area contributed by atoms with Gasteiger partial charge in [0.1, 0.15) is 5.75 Å². The zero-order chi connectivity index (χ0) is 21.3. The monoisotopic (exact) mass is 408 g/mol. The van der Waals surface area contributed by atoms with Crippen LogP contribution in [0, 0.1) is 5.82 Å². The van der Waals surface area contributed by atoms with Crippen molar-refractivity contribution in [2.75, 3.05) is 24.4 Å². The average molecular weight is 408 g/mol. The third kappa shape index (κ3) is 5.81. The van der Waals surface area contributed by atoms with E-state index in [0.29, 0.717) is 22.7 Å². The summed E-state index contributed by atoms with van der Waals surface area (Å²) in [5, 5.41) is 5.50. The molecule has 3 rings (SSSR count). The molecule has 2 N–H and O–H groups in total. The summed E-state index contributed by atoms with van der Waals surface area (Å²) in [5.41, 5.74) is 1.65. The molecule has 0 saturated carbocycles. The number of anilines is 2. The van der Waals surface area contributed by atoms with Gasteiger partial charge in [-0.15, -0.1) is 0 Å². The average Bonchev–Trinajstić information content (AvgIpc) is 2.76. The number of hydrogen-bond donors (Lipinski definition) is 2. The molecule has 7 heteroatoms. The maximum Gasteiger partial charge on any atom is 0.255 e. The normalized spacial score (nSPS) is 10.2. The van der Waals surface area contributed by atoms with Gasteiger partial charge in [-0.2, -0.15) is 0 Å². The standard InChI is InChI=1S/C23H21FN2O4/c1-29-19-12-10-18(11-13-19)26-23(28)16-6-8-17(9-7-16)25-22(27)14-15-30-21-5-3-2-4-20(21)24/h2-13H,14-15H2,1H3,(H,25,27)(H,26,28). The molecule has 0 heterocycles. The predicted octanol–water partition coefficient (Wildman–Crippen LogP) is 4.49. The van der Waals surface area contributed by atoms with Gasteiger partial charge in [0.05, 0.1) is 20.1 Å². The van der Waals surface area contributed by atoms with E-state index in [9.17, 15) is 14.0 Å². The number of halogens is 1. The van der Waals surface area contributed by atoms with Crippen LogP contribution >= 0.6 is 0 Å². The third-order valence-corrected chi connectivity index (χ3v) is 4.20. The number of hydrogen-bond acceptors (Lipinski definition) is 4. The van der Waals surface area contributed by atoms with Crippen molar-refractivity contribution in [3.8, 4) is 11.5 Å². The van der Waals surface area contributed by atoms with Gasteiger partial charge in [-0.1, -0.05) is 12.1 Å². The summed E-state index contributed by atoms with van der Waals surface area (Å²) in [5.74, 6) is -0.204. The number of methoxy groups -OCH3 is 1. The number of para-hydroxylation sites is 1. The van der Waals surface area contributed by atoms with E-state index >= 15 is 0 Å². The minimum atomic E-state index is -0.471. The first-order valence-electron chi connectivity index (χ1n) is 9.28. The first-order chi connectivity index (χ1) is 14.5. The molecule has 154 valence electrons. The molecule has 0 fully saturated rings. The number of rotatable bonds is 8. The number of carbonyl (C=O) groups excluding carboxylic acids is 2. The van der Waals surface area contributed by atoms with Crippen molar-refractivity contribution in [2.45, 2.75) is 6.42 Å². The van der Waals surface area contributed by atoms with Gasteiger partial charge in [-0.05, 0) is 60.7 Å². The van der Waals surface area contributed by atoms with Crippen LogP contribution in [0.1, 0.15) is 16.8 Å². The zero-order valence-electron chi connectivity index (χ0n) is 16.4. The van der Waals surface area contributed by atoms with Gasteiger partial charge in [-0.25, -0.2) is 4.39 Å². The Bertz CT molecular complexity index is 1000. The van der Waals surface area contributed by atoms with Crippen LogP contribution in [-0.2, 0) is 4.79 Å². The van der Waals surface area contributed by atoms with Crippen LogP contribution in [0.15, 0.2) is 72.8 Å². The summed E-state index contributed by atoms with van der Waals surface area (Å²) in [6.07, 6.45) is 0.0635. The molecule has 0 radical (unpaired) electrons. The van der Waals surface area contributed by atoms with Gasteiger partial charge < -0.3 is 20.1 Å². The van der Waals surface area contributed by atoms with E-state index < -0.39 is 5.82 Å². The molecule has 30 heavy (non-hydrogen) atoms. The van der Waals surface area contributed by atoms with E-state index in [0.717, 1.165) is 0 Å². The van der Waals surface area contributed by atoms with Crippen LogP contribution in [0.2, 0.25) is 0 Å². The summed E-state index contributed by atoms with van der Waals surface area (Å²) >= 11 is 0.